The number of hydrogen-bond donors (Lipinski definition) is 3. The van der Waals surface area contributed by atoms with Crippen molar-refractivity contribution in [3.8, 4) is 0 Å². The smallest absolute Gasteiger partial charge is 0.320 e. The number of carbonyl (C=O) groups excluding carboxylic acids is 1. The minimum atomic E-state index is -0.747. The van der Waals surface area contributed by atoms with Crippen molar-refractivity contribution in [1.82, 2.24) is 10.3 Å². The maximum atomic E-state index is 11.7. The molecule has 0 radical (unpaired) electrons. The van der Waals surface area contributed by atoms with E-state index in [0.29, 0.717) is 5.82 Å². The highest BCUT2D eigenvalue weighted by Crippen LogP contribution is 2.27. The second kappa shape index (κ2) is 6.34. The van der Waals surface area contributed by atoms with Crippen molar-refractivity contribution in [2.24, 2.45) is 0 Å². The molecule has 0 saturated heterocycles. The molecule has 104 valence electrons. The van der Waals surface area contributed by atoms with Gasteiger partial charge in [0, 0.05) is 17.2 Å². The van der Waals surface area contributed by atoms with Gasteiger partial charge in [-0.15, -0.1) is 0 Å². The van der Waals surface area contributed by atoms with Crippen LogP contribution in [0.2, 0.25) is 0 Å². The van der Waals surface area contributed by atoms with Crippen LogP contribution in [-0.4, -0.2) is 28.3 Å². The molecule has 19 heavy (non-hydrogen) atoms. The molecular formula is C13H18BrN3O2. The molecule has 3 N–H and O–H groups in total. The molecule has 6 heteroatoms. The summed E-state index contributed by atoms with van der Waals surface area (Å²) in [6.45, 7) is 0.287. The van der Waals surface area contributed by atoms with Crippen LogP contribution in [0.1, 0.15) is 32.1 Å². The SMILES string of the molecule is O=C(NCC1(O)CCCCC1)Nc1ccc(Br)cn1. The number of aromatic nitrogens is 1. The van der Waals surface area contributed by atoms with Crippen LogP contribution in [0.25, 0.3) is 0 Å². The number of amides is 2. The summed E-state index contributed by atoms with van der Waals surface area (Å²) in [5, 5.41) is 15.6. The lowest BCUT2D eigenvalue weighted by Crippen LogP contribution is -2.45. The van der Waals surface area contributed by atoms with Crippen LogP contribution < -0.4 is 10.6 Å². The van der Waals surface area contributed by atoms with Crippen LogP contribution in [0.3, 0.4) is 0 Å². The van der Waals surface area contributed by atoms with Crippen molar-refractivity contribution < 1.29 is 9.90 Å². The Kier molecular flexibility index (Phi) is 4.76. The third kappa shape index (κ3) is 4.47. The van der Waals surface area contributed by atoms with E-state index in [-0.39, 0.29) is 12.6 Å². The molecule has 0 unspecified atom stereocenters. The minimum absolute atomic E-state index is 0.287. The monoisotopic (exact) mass is 327 g/mol. The standard InChI is InChI=1S/C13H18BrN3O2/c14-10-4-5-11(15-8-10)17-12(18)16-9-13(19)6-2-1-3-7-13/h4-5,8,19H,1-3,6-7,9H2,(H2,15,16,17,18). The zero-order valence-corrected chi connectivity index (χ0v) is 12.2. The van der Waals surface area contributed by atoms with Gasteiger partial charge in [-0.05, 0) is 40.9 Å². The van der Waals surface area contributed by atoms with Gasteiger partial charge in [-0.1, -0.05) is 19.3 Å². The first-order chi connectivity index (χ1) is 9.07. The second-order valence-corrected chi connectivity index (χ2v) is 5.87. The van der Waals surface area contributed by atoms with Gasteiger partial charge in [-0.25, -0.2) is 9.78 Å². The molecule has 0 spiro atoms. The number of nitrogens with zero attached hydrogens (tertiary/aromatic N) is 1. The summed E-state index contributed by atoms with van der Waals surface area (Å²) in [6.07, 6.45) is 6.33. The molecule has 0 bridgehead atoms. The molecule has 1 aromatic rings. The van der Waals surface area contributed by atoms with E-state index in [0.717, 1.165) is 36.6 Å². The fraction of sp³-hybridized carbons (Fsp3) is 0.538. The van der Waals surface area contributed by atoms with Crippen LogP contribution in [0, 0.1) is 0 Å². The first-order valence-electron chi connectivity index (χ1n) is 6.46. The zero-order chi connectivity index (χ0) is 13.7. The van der Waals surface area contributed by atoms with Gasteiger partial charge >= 0.3 is 6.03 Å². The molecule has 2 rings (SSSR count). The van der Waals surface area contributed by atoms with Crippen LogP contribution in [0.5, 0.6) is 0 Å². The van der Waals surface area contributed by atoms with Crippen molar-refractivity contribution in [2.75, 3.05) is 11.9 Å². The third-order valence-electron chi connectivity index (χ3n) is 3.33. The summed E-state index contributed by atoms with van der Waals surface area (Å²) in [5.74, 6) is 0.483. The van der Waals surface area contributed by atoms with Gasteiger partial charge in [0.25, 0.3) is 0 Å². The molecule has 1 aromatic heterocycles. The fourth-order valence-corrected chi connectivity index (χ4v) is 2.48. The normalized spacial score (nSPS) is 17.8. The van der Waals surface area contributed by atoms with E-state index in [1.54, 1.807) is 18.3 Å². The van der Waals surface area contributed by atoms with Crippen molar-refractivity contribution in [3.05, 3.63) is 22.8 Å². The molecule has 2 amide bonds. The Morgan fingerprint density at radius 2 is 2.11 bits per heavy atom. The van der Waals surface area contributed by atoms with Gasteiger partial charge in [-0.2, -0.15) is 0 Å². The molecule has 1 aliphatic rings. The number of rotatable bonds is 3. The first kappa shape index (κ1) is 14.3. The van der Waals surface area contributed by atoms with Gasteiger partial charge in [-0.3, -0.25) is 5.32 Å². The van der Waals surface area contributed by atoms with Crippen LogP contribution >= 0.6 is 15.9 Å². The zero-order valence-electron chi connectivity index (χ0n) is 10.7. The number of urea groups is 1. The predicted molar refractivity (Wildman–Crippen MR) is 77.0 cm³/mol. The van der Waals surface area contributed by atoms with E-state index in [4.69, 9.17) is 0 Å². The van der Waals surface area contributed by atoms with E-state index < -0.39 is 5.60 Å². The van der Waals surface area contributed by atoms with Crippen molar-refractivity contribution in [1.29, 1.82) is 0 Å². The summed E-state index contributed by atoms with van der Waals surface area (Å²) in [7, 11) is 0. The molecule has 0 aliphatic heterocycles. The Hall–Kier alpha value is -1.14. The number of halogens is 1. The highest BCUT2D eigenvalue weighted by Gasteiger charge is 2.29. The Bertz CT molecular complexity index is 430. The molecule has 1 fully saturated rings. The Morgan fingerprint density at radius 1 is 1.37 bits per heavy atom. The molecule has 1 heterocycles. The van der Waals surface area contributed by atoms with Crippen molar-refractivity contribution >= 4 is 27.8 Å². The topological polar surface area (TPSA) is 74.2 Å². The number of nitrogens with one attached hydrogen (secondary N) is 2. The van der Waals surface area contributed by atoms with E-state index in [1.807, 2.05) is 0 Å². The molecule has 1 aliphatic carbocycles. The average Bonchev–Trinajstić information content (AvgIpc) is 2.40. The van der Waals surface area contributed by atoms with Crippen LogP contribution in [0.4, 0.5) is 10.6 Å². The maximum Gasteiger partial charge on any atom is 0.320 e. The average molecular weight is 328 g/mol. The highest BCUT2D eigenvalue weighted by molar-refractivity contribution is 9.10. The fourth-order valence-electron chi connectivity index (χ4n) is 2.24. The number of pyridine rings is 1. The number of anilines is 1. The Balaban J connectivity index is 1.79. The van der Waals surface area contributed by atoms with Crippen molar-refractivity contribution in [2.45, 2.75) is 37.7 Å². The van der Waals surface area contributed by atoms with Gasteiger partial charge in [0.15, 0.2) is 0 Å². The van der Waals surface area contributed by atoms with Gasteiger partial charge in [0.1, 0.15) is 5.82 Å². The lowest BCUT2D eigenvalue weighted by atomic mass is 9.85. The van der Waals surface area contributed by atoms with E-state index in [9.17, 15) is 9.90 Å². The molecule has 0 atom stereocenters. The van der Waals surface area contributed by atoms with E-state index in [2.05, 4.69) is 31.5 Å². The molecule has 5 nitrogen and oxygen atoms in total. The maximum absolute atomic E-state index is 11.7. The second-order valence-electron chi connectivity index (χ2n) is 4.95. The third-order valence-corrected chi connectivity index (χ3v) is 3.80. The number of hydrogen-bond acceptors (Lipinski definition) is 3. The number of carbonyl (C=O) groups is 1. The van der Waals surface area contributed by atoms with Crippen LogP contribution in [0.15, 0.2) is 22.8 Å². The van der Waals surface area contributed by atoms with Crippen LogP contribution in [-0.2, 0) is 0 Å². The predicted octanol–water partition coefficient (Wildman–Crippen LogP) is 2.66. The van der Waals surface area contributed by atoms with Crippen molar-refractivity contribution in [3.63, 3.8) is 0 Å². The Labute approximate surface area is 120 Å². The summed E-state index contributed by atoms with van der Waals surface area (Å²) in [4.78, 5) is 15.7. The van der Waals surface area contributed by atoms with E-state index >= 15 is 0 Å². The summed E-state index contributed by atoms with van der Waals surface area (Å²) >= 11 is 3.28. The molecule has 1 saturated carbocycles. The summed E-state index contributed by atoms with van der Waals surface area (Å²) in [6, 6.07) is 3.17. The quantitative estimate of drug-likeness (QED) is 0.799. The molecule has 0 aromatic carbocycles. The lowest BCUT2D eigenvalue weighted by Gasteiger charge is -2.32. The van der Waals surface area contributed by atoms with E-state index in [1.165, 1.54) is 0 Å². The summed E-state index contributed by atoms with van der Waals surface area (Å²) in [5.41, 5.74) is -0.747. The summed E-state index contributed by atoms with van der Waals surface area (Å²) < 4.78 is 0.856. The lowest BCUT2D eigenvalue weighted by molar-refractivity contribution is 0.00755. The number of aliphatic hydroxyl groups is 1. The minimum Gasteiger partial charge on any atom is -0.388 e. The molecular weight excluding hydrogens is 310 g/mol. The largest absolute Gasteiger partial charge is 0.388 e. The Morgan fingerprint density at radius 3 is 2.74 bits per heavy atom. The van der Waals surface area contributed by atoms with Gasteiger partial charge < -0.3 is 10.4 Å². The van der Waals surface area contributed by atoms with Gasteiger partial charge in [0.2, 0.25) is 0 Å². The van der Waals surface area contributed by atoms with Gasteiger partial charge in [0.05, 0.1) is 5.60 Å². The highest BCUT2D eigenvalue weighted by atomic mass is 79.9. The first-order valence-corrected chi connectivity index (χ1v) is 7.26.